The van der Waals surface area contributed by atoms with Crippen molar-refractivity contribution in [2.75, 3.05) is 37.6 Å². The predicted octanol–water partition coefficient (Wildman–Crippen LogP) is 2.98. The molecule has 152 valence electrons. The molecule has 2 aromatic carbocycles. The van der Waals surface area contributed by atoms with Gasteiger partial charge in [0.15, 0.2) is 0 Å². The van der Waals surface area contributed by atoms with Crippen molar-refractivity contribution in [3.8, 4) is 0 Å². The third-order valence-electron chi connectivity index (χ3n) is 4.63. The molecule has 10 heteroatoms. The summed E-state index contributed by atoms with van der Waals surface area (Å²) in [6, 6.07) is 11.0. The number of para-hydroxylation sites is 2. The summed E-state index contributed by atoms with van der Waals surface area (Å²) in [6.07, 6.45) is 0. The van der Waals surface area contributed by atoms with Crippen LogP contribution in [0.15, 0.2) is 42.5 Å². The first-order valence-corrected chi connectivity index (χ1v) is 9.62. The molecule has 0 bridgehead atoms. The molecule has 3 rings (SSSR count). The van der Waals surface area contributed by atoms with E-state index in [0.29, 0.717) is 36.9 Å². The Bertz CT molecular complexity index is 946. The lowest BCUT2D eigenvalue weighted by molar-refractivity contribution is -0.384. The van der Waals surface area contributed by atoms with Crippen LogP contribution < -0.4 is 10.2 Å². The Morgan fingerprint density at radius 2 is 1.76 bits per heavy atom. The number of rotatable bonds is 5. The average Bonchev–Trinajstić information content (AvgIpc) is 2.72. The Morgan fingerprint density at radius 1 is 1.07 bits per heavy atom. The van der Waals surface area contributed by atoms with Crippen LogP contribution in [0, 0.1) is 10.1 Å². The number of halogens is 2. The lowest BCUT2D eigenvalue weighted by Crippen LogP contribution is -2.51. The number of carbonyl (C=O) groups excluding carboxylic acids is 2. The van der Waals surface area contributed by atoms with E-state index in [1.165, 1.54) is 18.2 Å². The molecule has 0 aromatic heterocycles. The maximum Gasteiger partial charge on any atom is 0.292 e. The lowest BCUT2D eigenvalue weighted by Gasteiger charge is -2.35. The summed E-state index contributed by atoms with van der Waals surface area (Å²) in [5.74, 6) is -0.691. The molecule has 1 heterocycles. The Morgan fingerprint density at radius 3 is 2.41 bits per heavy atom. The predicted molar refractivity (Wildman–Crippen MR) is 111 cm³/mol. The molecule has 2 aromatic rings. The zero-order valence-electron chi connectivity index (χ0n) is 15.3. The van der Waals surface area contributed by atoms with Crippen molar-refractivity contribution < 1.29 is 14.5 Å². The molecule has 0 unspecified atom stereocenters. The van der Waals surface area contributed by atoms with Crippen LogP contribution in [-0.4, -0.2) is 54.4 Å². The monoisotopic (exact) mass is 436 g/mol. The Balaban J connectivity index is 1.54. The van der Waals surface area contributed by atoms with Crippen molar-refractivity contribution in [3.63, 3.8) is 0 Å². The van der Waals surface area contributed by atoms with Gasteiger partial charge in [0, 0.05) is 37.3 Å². The van der Waals surface area contributed by atoms with E-state index in [-0.39, 0.29) is 28.7 Å². The minimum Gasteiger partial charge on any atom is -0.362 e. The summed E-state index contributed by atoms with van der Waals surface area (Å²) < 4.78 is 0. The lowest BCUT2D eigenvalue weighted by atomic mass is 10.2. The molecule has 1 aliphatic rings. The van der Waals surface area contributed by atoms with Gasteiger partial charge in [-0.25, -0.2) is 0 Å². The van der Waals surface area contributed by atoms with E-state index in [0.717, 1.165) is 0 Å². The Labute approximate surface area is 177 Å². The van der Waals surface area contributed by atoms with E-state index in [1.807, 2.05) is 4.90 Å². The molecule has 1 N–H and O–H groups in total. The van der Waals surface area contributed by atoms with Crippen molar-refractivity contribution in [2.45, 2.75) is 0 Å². The van der Waals surface area contributed by atoms with Crippen LogP contribution in [0.25, 0.3) is 0 Å². The second kappa shape index (κ2) is 9.11. The maximum absolute atomic E-state index is 12.4. The third kappa shape index (κ3) is 4.96. The van der Waals surface area contributed by atoms with Crippen molar-refractivity contribution >= 4 is 46.4 Å². The van der Waals surface area contributed by atoms with Crippen LogP contribution in [-0.2, 0) is 4.79 Å². The van der Waals surface area contributed by atoms with Gasteiger partial charge in [-0.2, -0.15) is 0 Å². The number of hydrogen-bond acceptors (Lipinski definition) is 5. The fraction of sp³-hybridized carbons (Fsp3) is 0.263. The molecule has 0 radical (unpaired) electrons. The summed E-state index contributed by atoms with van der Waals surface area (Å²) in [5.41, 5.74) is 0.819. The van der Waals surface area contributed by atoms with E-state index >= 15 is 0 Å². The van der Waals surface area contributed by atoms with Gasteiger partial charge >= 0.3 is 0 Å². The van der Waals surface area contributed by atoms with Gasteiger partial charge < -0.3 is 15.1 Å². The minimum absolute atomic E-state index is 0.0411. The van der Waals surface area contributed by atoms with Crippen molar-refractivity contribution in [1.29, 1.82) is 0 Å². The number of nitro benzene ring substituents is 1. The fourth-order valence-electron chi connectivity index (χ4n) is 3.12. The highest BCUT2D eigenvalue weighted by molar-refractivity contribution is 6.36. The third-order valence-corrected chi connectivity index (χ3v) is 5.18. The molecule has 1 fully saturated rings. The fourth-order valence-corrected chi connectivity index (χ4v) is 3.61. The van der Waals surface area contributed by atoms with Gasteiger partial charge in [0.25, 0.3) is 11.6 Å². The van der Waals surface area contributed by atoms with E-state index in [9.17, 15) is 19.7 Å². The highest BCUT2D eigenvalue weighted by Crippen LogP contribution is 2.28. The molecule has 29 heavy (non-hydrogen) atoms. The standard InChI is InChI=1S/C19H18Cl2N4O4/c20-13-5-6-14(15(21)11-13)19(27)22-12-18(26)24-9-7-23(8-10-24)16-3-1-2-4-17(16)25(28)29/h1-6,11H,7-10,12H2,(H,22,27). The SMILES string of the molecule is O=C(NCC(=O)N1CCN(c2ccccc2[N+](=O)[O-])CC1)c1ccc(Cl)cc1Cl. The summed E-state index contributed by atoms with van der Waals surface area (Å²) in [5, 5.41) is 14.4. The largest absolute Gasteiger partial charge is 0.362 e. The molecular formula is C19H18Cl2N4O4. The number of piperazine rings is 1. The quantitative estimate of drug-likeness (QED) is 0.573. The number of nitro groups is 1. The number of anilines is 1. The highest BCUT2D eigenvalue weighted by Gasteiger charge is 2.25. The van der Waals surface area contributed by atoms with Gasteiger partial charge in [-0.05, 0) is 24.3 Å². The smallest absolute Gasteiger partial charge is 0.292 e. The van der Waals surface area contributed by atoms with Crippen LogP contribution in [0.3, 0.4) is 0 Å². The van der Waals surface area contributed by atoms with E-state index in [4.69, 9.17) is 23.2 Å². The van der Waals surface area contributed by atoms with Gasteiger partial charge in [0.1, 0.15) is 5.69 Å². The number of benzene rings is 2. The number of hydrogen-bond donors (Lipinski definition) is 1. The molecule has 0 aliphatic carbocycles. The normalized spacial score (nSPS) is 13.9. The number of nitrogens with one attached hydrogen (secondary N) is 1. The summed E-state index contributed by atoms with van der Waals surface area (Å²) in [4.78, 5) is 38.9. The highest BCUT2D eigenvalue weighted by atomic mass is 35.5. The van der Waals surface area contributed by atoms with Crippen molar-refractivity contribution in [2.24, 2.45) is 0 Å². The van der Waals surface area contributed by atoms with Gasteiger partial charge in [0.2, 0.25) is 5.91 Å². The van der Waals surface area contributed by atoms with Crippen LogP contribution in [0.2, 0.25) is 10.0 Å². The molecular weight excluding hydrogens is 419 g/mol. The van der Waals surface area contributed by atoms with Gasteiger partial charge in [0.05, 0.1) is 22.1 Å². The Kier molecular flexibility index (Phi) is 6.56. The molecule has 1 saturated heterocycles. The average molecular weight is 437 g/mol. The summed E-state index contributed by atoms with van der Waals surface area (Å²) in [7, 11) is 0. The van der Waals surface area contributed by atoms with E-state index in [1.54, 1.807) is 29.2 Å². The molecule has 1 aliphatic heterocycles. The van der Waals surface area contributed by atoms with Crippen LogP contribution in [0.1, 0.15) is 10.4 Å². The van der Waals surface area contributed by atoms with Crippen LogP contribution >= 0.6 is 23.2 Å². The van der Waals surface area contributed by atoms with Crippen molar-refractivity contribution in [1.82, 2.24) is 10.2 Å². The molecule has 0 atom stereocenters. The summed E-state index contributed by atoms with van der Waals surface area (Å²) in [6.45, 7) is 1.58. The van der Waals surface area contributed by atoms with Gasteiger partial charge in [-0.15, -0.1) is 0 Å². The Hall–Kier alpha value is -2.84. The topological polar surface area (TPSA) is 95.8 Å². The maximum atomic E-state index is 12.4. The molecule has 0 saturated carbocycles. The molecule has 2 amide bonds. The van der Waals surface area contributed by atoms with Crippen molar-refractivity contribution in [3.05, 3.63) is 68.2 Å². The minimum atomic E-state index is -0.460. The van der Waals surface area contributed by atoms with Gasteiger partial charge in [-0.3, -0.25) is 19.7 Å². The van der Waals surface area contributed by atoms with E-state index in [2.05, 4.69) is 5.32 Å². The first-order chi connectivity index (χ1) is 13.9. The second-order valence-corrected chi connectivity index (χ2v) is 7.26. The zero-order chi connectivity index (χ0) is 21.0. The second-order valence-electron chi connectivity index (χ2n) is 6.42. The zero-order valence-corrected chi connectivity index (χ0v) is 16.8. The van der Waals surface area contributed by atoms with Crippen LogP contribution in [0.4, 0.5) is 11.4 Å². The van der Waals surface area contributed by atoms with Crippen LogP contribution in [0.5, 0.6) is 0 Å². The molecule has 0 spiro atoms. The van der Waals surface area contributed by atoms with Gasteiger partial charge in [-0.1, -0.05) is 35.3 Å². The number of carbonyl (C=O) groups is 2. The first-order valence-electron chi connectivity index (χ1n) is 8.86. The first kappa shape index (κ1) is 20.9. The van der Waals surface area contributed by atoms with E-state index < -0.39 is 10.8 Å². The number of amides is 2. The number of nitrogens with zero attached hydrogens (tertiary/aromatic N) is 3. The summed E-state index contributed by atoms with van der Waals surface area (Å²) >= 11 is 11.8. The molecule has 8 nitrogen and oxygen atoms in total.